The third kappa shape index (κ3) is 4.34. The van der Waals surface area contributed by atoms with Gasteiger partial charge in [0.15, 0.2) is 5.11 Å². The van der Waals surface area contributed by atoms with Crippen LogP contribution >= 0.6 is 23.8 Å². The van der Waals surface area contributed by atoms with E-state index in [9.17, 15) is 10.2 Å². The van der Waals surface area contributed by atoms with Crippen LogP contribution in [0.15, 0.2) is 41.5 Å². The largest absolute Gasteiger partial charge is 0.508 e. The van der Waals surface area contributed by atoms with E-state index in [0.29, 0.717) is 16.3 Å². The Morgan fingerprint density at radius 3 is 2.70 bits per heavy atom. The Labute approximate surface area is 144 Å². The van der Waals surface area contributed by atoms with Crippen molar-refractivity contribution in [3.63, 3.8) is 0 Å². The van der Waals surface area contributed by atoms with Gasteiger partial charge in [0.2, 0.25) is 0 Å². The van der Waals surface area contributed by atoms with Gasteiger partial charge in [0.1, 0.15) is 11.5 Å². The van der Waals surface area contributed by atoms with Crippen molar-refractivity contribution >= 4 is 40.3 Å². The number of hydrazone groups is 1. The second kappa shape index (κ2) is 7.30. The van der Waals surface area contributed by atoms with Crippen molar-refractivity contribution in [2.45, 2.75) is 13.8 Å². The quantitative estimate of drug-likeness (QED) is 0.294. The topological polar surface area (TPSA) is 76.9 Å². The van der Waals surface area contributed by atoms with Crippen LogP contribution in [0, 0.1) is 6.92 Å². The predicted octanol–water partition coefficient (Wildman–Crippen LogP) is 3.77. The van der Waals surface area contributed by atoms with Crippen molar-refractivity contribution in [1.29, 1.82) is 0 Å². The standard InChI is InChI=1S/C16H16ClN3O2S/c1-9-13(17)4-3-5-14(9)18-16(23)20-19-10(2)12-8-11(21)6-7-15(12)22/h3-8,21-22H,1-2H3,(H2,18,20,23)/b19-10+. The molecule has 0 heterocycles. The minimum absolute atomic E-state index is 0.0235. The maximum atomic E-state index is 9.79. The zero-order valence-corrected chi connectivity index (χ0v) is 14.2. The summed E-state index contributed by atoms with van der Waals surface area (Å²) in [5.74, 6) is 0.0676. The van der Waals surface area contributed by atoms with Gasteiger partial charge < -0.3 is 15.5 Å². The third-order valence-corrected chi connectivity index (χ3v) is 3.81. The minimum Gasteiger partial charge on any atom is -0.508 e. The molecule has 0 aliphatic carbocycles. The Morgan fingerprint density at radius 2 is 1.96 bits per heavy atom. The van der Waals surface area contributed by atoms with Gasteiger partial charge in [0.25, 0.3) is 0 Å². The molecule has 2 rings (SSSR count). The van der Waals surface area contributed by atoms with Gasteiger partial charge >= 0.3 is 0 Å². The Hall–Kier alpha value is -2.31. The second-order valence-electron chi connectivity index (χ2n) is 4.88. The number of hydrogen-bond acceptors (Lipinski definition) is 4. The van der Waals surface area contributed by atoms with Gasteiger partial charge in [-0.15, -0.1) is 0 Å². The summed E-state index contributed by atoms with van der Waals surface area (Å²) in [4.78, 5) is 0. The molecule has 2 aromatic rings. The second-order valence-corrected chi connectivity index (χ2v) is 5.69. The molecule has 2 aromatic carbocycles. The van der Waals surface area contributed by atoms with E-state index in [1.54, 1.807) is 13.0 Å². The fraction of sp³-hybridized carbons (Fsp3) is 0.125. The van der Waals surface area contributed by atoms with E-state index < -0.39 is 0 Å². The van der Waals surface area contributed by atoms with E-state index in [-0.39, 0.29) is 16.6 Å². The van der Waals surface area contributed by atoms with E-state index in [2.05, 4.69) is 15.8 Å². The zero-order valence-electron chi connectivity index (χ0n) is 12.6. The summed E-state index contributed by atoms with van der Waals surface area (Å²) in [5, 5.41) is 27.3. The molecule has 0 atom stereocenters. The monoisotopic (exact) mass is 349 g/mol. The molecular formula is C16H16ClN3O2S. The number of anilines is 1. The van der Waals surface area contributed by atoms with Crippen LogP contribution < -0.4 is 10.7 Å². The van der Waals surface area contributed by atoms with Crippen LogP contribution in [0.1, 0.15) is 18.1 Å². The maximum absolute atomic E-state index is 9.79. The number of nitrogens with zero attached hydrogens (tertiary/aromatic N) is 1. The maximum Gasteiger partial charge on any atom is 0.191 e. The third-order valence-electron chi connectivity index (χ3n) is 3.21. The molecule has 0 spiro atoms. The average molecular weight is 350 g/mol. The predicted molar refractivity (Wildman–Crippen MR) is 97.5 cm³/mol. The molecule has 0 bridgehead atoms. The number of benzene rings is 2. The van der Waals surface area contributed by atoms with Gasteiger partial charge in [0, 0.05) is 16.3 Å². The number of nitrogens with one attached hydrogen (secondary N) is 2. The summed E-state index contributed by atoms with van der Waals surface area (Å²) in [6.45, 7) is 3.57. The van der Waals surface area contributed by atoms with Gasteiger partial charge in [-0.05, 0) is 62.0 Å². The number of aromatic hydroxyl groups is 2. The molecule has 23 heavy (non-hydrogen) atoms. The number of thiocarbonyl (C=S) groups is 1. The van der Waals surface area contributed by atoms with Crippen LogP contribution in [0.4, 0.5) is 5.69 Å². The summed E-state index contributed by atoms with van der Waals surface area (Å²) in [7, 11) is 0. The average Bonchev–Trinajstić information content (AvgIpc) is 2.52. The molecule has 0 aromatic heterocycles. The van der Waals surface area contributed by atoms with Crippen molar-refractivity contribution in [1.82, 2.24) is 5.43 Å². The first kappa shape index (κ1) is 17.1. The lowest BCUT2D eigenvalue weighted by atomic mass is 10.1. The van der Waals surface area contributed by atoms with Crippen LogP contribution in [-0.2, 0) is 0 Å². The molecule has 4 N–H and O–H groups in total. The van der Waals surface area contributed by atoms with Crippen LogP contribution in [0.2, 0.25) is 5.02 Å². The van der Waals surface area contributed by atoms with Gasteiger partial charge in [-0.25, -0.2) is 0 Å². The minimum atomic E-state index is 0.0235. The Kier molecular flexibility index (Phi) is 5.41. The fourth-order valence-corrected chi connectivity index (χ4v) is 2.23. The van der Waals surface area contributed by atoms with E-state index in [1.807, 2.05) is 19.1 Å². The van der Waals surface area contributed by atoms with Crippen molar-refractivity contribution in [3.8, 4) is 11.5 Å². The van der Waals surface area contributed by atoms with Gasteiger partial charge in [-0.1, -0.05) is 17.7 Å². The molecule has 0 unspecified atom stereocenters. The Morgan fingerprint density at radius 1 is 1.22 bits per heavy atom. The van der Waals surface area contributed by atoms with Crippen molar-refractivity contribution in [2.75, 3.05) is 5.32 Å². The lowest BCUT2D eigenvalue weighted by Gasteiger charge is -2.11. The first-order valence-electron chi connectivity index (χ1n) is 6.77. The molecule has 0 amide bonds. The van der Waals surface area contributed by atoms with Crippen LogP contribution in [0.3, 0.4) is 0 Å². The number of phenolic OH excluding ortho intramolecular Hbond substituents is 2. The highest BCUT2D eigenvalue weighted by Gasteiger charge is 2.07. The molecule has 120 valence electrons. The molecule has 0 radical (unpaired) electrons. The van der Waals surface area contributed by atoms with Gasteiger partial charge in [-0.3, -0.25) is 5.43 Å². The lowest BCUT2D eigenvalue weighted by molar-refractivity contribution is 0.459. The number of halogens is 1. The smallest absolute Gasteiger partial charge is 0.191 e. The zero-order chi connectivity index (χ0) is 17.0. The first-order valence-corrected chi connectivity index (χ1v) is 7.56. The summed E-state index contributed by atoms with van der Waals surface area (Å²) in [6, 6.07) is 9.69. The van der Waals surface area contributed by atoms with Gasteiger partial charge in [-0.2, -0.15) is 5.10 Å². The molecule has 0 saturated carbocycles. The van der Waals surface area contributed by atoms with Crippen LogP contribution in [0.5, 0.6) is 11.5 Å². The number of rotatable bonds is 3. The molecule has 0 aliphatic heterocycles. The molecule has 5 nitrogen and oxygen atoms in total. The van der Waals surface area contributed by atoms with Crippen LogP contribution in [0.25, 0.3) is 0 Å². The Bertz CT molecular complexity index is 778. The van der Waals surface area contributed by atoms with Crippen molar-refractivity contribution in [3.05, 3.63) is 52.5 Å². The molecular weight excluding hydrogens is 334 g/mol. The van der Waals surface area contributed by atoms with Crippen molar-refractivity contribution < 1.29 is 10.2 Å². The first-order chi connectivity index (χ1) is 10.9. The van der Waals surface area contributed by atoms with Gasteiger partial charge in [0.05, 0.1) is 5.71 Å². The SMILES string of the molecule is C/C(=N\NC(=S)Nc1cccc(Cl)c1C)c1cc(O)ccc1O. The van der Waals surface area contributed by atoms with Crippen LogP contribution in [-0.4, -0.2) is 21.0 Å². The summed E-state index contributed by atoms with van der Waals surface area (Å²) in [6.07, 6.45) is 0. The summed E-state index contributed by atoms with van der Waals surface area (Å²) in [5.41, 5.74) is 5.25. The van der Waals surface area contributed by atoms with Crippen molar-refractivity contribution in [2.24, 2.45) is 5.10 Å². The number of phenols is 2. The molecule has 7 heteroatoms. The molecule has 0 fully saturated rings. The van der Waals surface area contributed by atoms with E-state index in [0.717, 1.165) is 11.3 Å². The lowest BCUT2D eigenvalue weighted by Crippen LogP contribution is -2.25. The summed E-state index contributed by atoms with van der Waals surface area (Å²) < 4.78 is 0. The van der Waals surface area contributed by atoms with E-state index in [4.69, 9.17) is 23.8 Å². The van der Waals surface area contributed by atoms with E-state index in [1.165, 1.54) is 18.2 Å². The molecule has 0 aliphatic rings. The fourth-order valence-electron chi connectivity index (χ4n) is 1.90. The highest BCUT2D eigenvalue weighted by atomic mass is 35.5. The summed E-state index contributed by atoms with van der Waals surface area (Å²) >= 11 is 11.2. The van der Waals surface area contributed by atoms with E-state index >= 15 is 0 Å². The number of hydrogen-bond donors (Lipinski definition) is 4. The highest BCUT2D eigenvalue weighted by molar-refractivity contribution is 7.80. The Balaban J connectivity index is 2.08. The highest BCUT2D eigenvalue weighted by Crippen LogP contribution is 2.23. The normalized spacial score (nSPS) is 11.2. The molecule has 0 saturated heterocycles.